The molecule has 2 aliphatic rings. The molecule has 0 spiro atoms. The standard InChI is InChI=1S/C10H16N4O3/c1-17-10-12-9(11)8(14(15)16)6-13(10)7-4-2-3-5-7/h6-7,10H,2-5H2,1H3,(H2,11,12). The summed E-state index contributed by atoms with van der Waals surface area (Å²) in [5.74, 6) is -0.0731. The lowest BCUT2D eigenvalue weighted by atomic mass is 10.2. The lowest BCUT2D eigenvalue weighted by molar-refractivity contribution is -0.417. The molecule has 1 fully saturated rings. The minimum Gasteiger partial charge on any atom is -0.378 e. The van der Waals surface area contributed by atoms with Gasteiger partial charge in [0, 0.05) is 13.2 Å². The third-order valence-corrected chi connectivity index (χ3v) is 3.19. The molecule has 1 aliphatic heterocycles. The summed E-state index contributed by atoms with van der Waals surface area (Å²) in [5.41, 5.74) is 5.39. The van der Waals surface area contributed by atoms with Crippen molar-refractivity contribution >= 4 is 5.84 Å². The van der Waals surface area contributed by atoms with Gasteiger partial charge in [-0.2, -0.15) is 0 Å². The second-order valence-corrected chi connectivity index (χ2v) is 4.23. The number of rotatable bonds is 3. The van der Waals surface area contributed by atoms with E-state index in [4.69, 9.17) is 10.5 Å². The third-order valence-electron chi connectivity index (χ3n) is 3.19. The SMILES string of the molecule is COC1N=C(N)C([N+](=O)[O-])=CN1C1CCCC1. The van der Waals surface area contributed by atoms with Crippen molar-refractivity contribution < 1.29 is 9.66 Å². The second kappa shape index (κ2) is 4.70. The fourth-order valence-corrected chi connectivity index (χ4v) is 2.33. The number of aliphatic imine (C=N–C) groups is 1. The highest BCUT2D eigenvalue weighted by molar-refractivity contribution is 5.95. The molecule has 17 heavy (non-hydrogen) atoms. The van der Waals surface area contributed by atoms with Crippen LogP contribution in [0.1, 0.15) is 25.7 Å². The molecular formula is C10H16N4O3. The Hall–Kier alpha value is -1.63. The Morgan fingerprint density at radius 3 is 2.76 bits per heavy atom. The van der Waals surface area contributed by atoms with Crippen molar-refractivity contribution in [1.82, 2.24) is 4.90 Å². The zero-order valence-electron chi connectivity index (χ0n) is 9.70. The van der Waals surface area contributed by atoms with E-state index in [0.29, 0.717) is 0 Å². The summed E-state index contributed by atoms with van der Waals surface area (Å²) in [4.78, 5) is 16.1. The molecule has 0 aromatic heterocycles. The first-order valence-electron chi connectivity index (χ1n) is 5.63. The van der Waals surface area contributed by atoms with Crippen molar-refractivity contribution in [3.63, 3.8) is 0 Å². The number of hydrogen-bond acceptors (Lipinski definition) is 6. The van der Waals surface area contributed by atoms with Gasteiger partial charge in [-0.05, 0) is 12.8 Å². The molecule has 0 amide bonds. The Morgan fingerprint density at radius 2 is 2.24 bits per heavy atom. The van der Waals surface area contributed by atoms with Gasteiger partial charge in [0.1, 0.15) is 0 Å². The van der Waals surface area contributed by atoms with Crippen LogP contribution in [0.15, 0.2) is 16.9 Å². The maximum absolute atomic E-state index is 10.8. The molecular weight excluding hydrogens is 224 g/mol. The smallest absolute Gasteiger partial charge is 0.326 e. The second-order valence-electron chi connectivity index (χ2n) is 4.23. The Balaban J connectivity index is 2.25. The highest BCUT2D eigenvalue weighted by atomic mass is 16.6. The van der Waals surface area contributed by atoms with Crippen LogP contribution in [0.2, 0.25) is 0 Å². The maximum Gasteiger partial charge on any atom is 0.326 e. The highest BCUT2D eigenvalue weighted by Gasteiger charge is 2.33. The summed E-state index contributed by atoms with van der Waals surface area (Å²) in [6, 6.07) is 0.256. The average molecular weight is 240 g/mol. The van der Waals surface area contributed by atoms with Crippen molar-refractivity contribution in [1.29, 1.82) is 0 Å². The van der Waals surface area contributed by atoms with Gasteiger partial charge in [-0.15, -0.1) is 0 Å². The van der Waals surface area contributed by atoms with Crippen molar-refractivity contribution in [2.75, 3.05) is 7.11 Å². The average Bonchev–Trinajstić information content (AvgIpc) is 2.81. The lowest BCUT2D eigenvalue weighted by Crippen LogP contribution is -2.44. The van der Waals surface area contributed by atoms with Crippen LogP contribution < -0.4 is 5.73 Å². The normalized spacial score (nSPS) is 25.7. The molecule has 0 radical (unpaired) electrons. The monoisotopic (exact) mass is 240 g/mol. The number of nitrogens with two attached hydrogens (primary N) is 1. The van der Waals surface area contributed by atoms with Crippen LogP contribution in [0.25, 0.3) is 0 Å². The lowest BCUT2D eigenvalue weighted by Gasteiger charge is -2.33. The number of nitro groups is 1. The quantitative estimate of drug-likeness (QED) is 0.577. The molecule has 0 aromatic rings. The van der Waals surface area contributed by atoms with E-state index >= 15 is 0 Å². The first-order valence-corrected chi connectivity index (χ1v) is 5.63. The van der Waals surface area contributed by atoms with Crippen LogP contribution in [0.3, 0.4) is 0 Å². The van der Waals surface area contributed by atoms with Crippen LogP contribution in [0, 0.1) is 10.1 Å². The van der Waals surface area contributed by atoms with Crippen LogP contribution in [-0.2, 0) is 4.74 Å². The Labute approximate surface area is 99.1 Å². The first kappa shape index (κ1) is 11.8. The minimum absolute atomic E-state index is 0.0731. The van der Waals surface area contributed by atoms with E-state index in [9.17, 15) is 10.1 Å². The van der Waals surface area contributed by atoms with Crippen LogP contribution in [0.4, 0.5) is 0 Å². The number of methoxy groups -OCH3 is 1. The van der Waals surface area contributed by atoms with E-state index in [1.54, 1.807) is 0 Å². The highest BCUT2D eigenvalue weighted by Crippen LogP contribution is 2.28. The summed E-state index contributed by atoms with van der Waals surface area (Å²) in [6.07, 6.45) is 5.22. The van der Waals surface area contributed by atoms with E-state index in [1.165, 1.54) is 13.3 Å². The molecule has 0 saturated heterocycles. The van der Waals surface area contributed by atoms with Crippen molar-refractivity contribution in [3.8, 4) is 0 Å². The molecule has 0 aromatic carbocycles. The zero-order valence-corrected chi connectivity index (χ0v) is 9.70. The molecule has 1 saturated carbocycles. The predicted molar refractivity (Wildman–Crippen MR) is 61.6 cm³/mol. The summed E-state index contributed by atoms with van der Waals surface area (Å²) < 4.78 is 5.21. The van der Waals surface area contributed by atoms with Gasteiger partial charge in [0.15, 0.2) is 0 Å². The molecule has 94 valence electrons. The topological polar surface area (TPSA) is 94.0 Å². The molecule has 7 heteroatoms. The maximum atomic E-state index is 10.8. The zero-order chi connectivity index (χ0) is 12.4. The van der Waals surface area contributed by atoms with E-state index in [2.05, 4.69) is 4.99 Å². The summed E-state index contributed by atoms with van der Waals surface area (Å²) in [7, 11) is 1.52. The van der Waals surface area contributed by atoms with Crippen LogP contribution >= 0.6 is 0 Å². The molecule has 0 bridgehead atoms. The third kappa shape index (κ3) is 2.23. The number of ether oxygens (including phenoxy) is 1. The first-order chi connectivity index (χ1) is 8.13. The van der Waals surface area contributed by atoms with Gasteiger partial charge in [-0.3, -0.25) is 10.1 Å². The van der Waals surface area contributed by atoms with Crippen molar-refractivity contribution in [2.45, 2.75) is 38.1 Å². The van der Waals surface area contributed by atoms with Gasteiger partial charge in [0.2, 0.25) is 12.2 Å². The molecule has 1 atom stereocenters. The largest absolute Gasteiger partial charge is 0.378 e. The number of amidine groups is 1. The van der Waals surface area contributed by atoms with E-state index in [0.717, 1.165) is 25.7 Å². The molecule has 1 heterocycles. The molecule has 2 rings (SSSR count). The Morgan fingerprint density at radius 1 is 1.59 bits per heavy atom. The number of hydrogen-bond donors (Lipinski definition) is 1. The summed E-state index contributed by atoms with van der Waals surface area (Å²) >= 11 is 0. The predicted octanol–water partition coefficient (Wildman–Crippen LogP) is 0.650. The van der Waals surface area contributed by atoms with Gasteiger partial charge in [0.05, 0.1) is 11.1 Å². The minimum atomic E-state index is -0.540. The van der Waals surface area contributed by atoms with E-state index in [1.807, 2.05) is 4.90 Å². The Bertz CT molecular complexity index is 374. The van der Waals surface area contributed by atoms with Gasteiger partial charge >= 0.3 is 5.70 Å². The van der Waals surface area contributed by atoms with Gasteiger partial charge in [0.25, 0.3) is 0 Å². The van der Waals surface area contributed by atoms with Crippen molar-refractivity contribution in [2.24, 2.45) is 10.7 Å². The molecule has 1 aliphatic carbocycles. The Kier molecular flexibility index (Phi) is 3.28. The molecule has 1 unspecified atom stereocenters. The fraction of sp³-hybridized carbons (Fsp3) is 0.700. The van der Waals surface area contributed by atoms with Gasteiger partial charge in [-0.25, -0.2) is 4.99 Å². The van der Waals surface area contributed by atoms with Crippen molar-refractivity contribution in [3.05, 3.63) is 22.0 Å². The van der Waals surface area contributed by atoms with E-state index in [-0.39, 0.29) is 17.6 Å². The van der Waals surface area contributed by atoms with Crippen LogP contribution in [0.5, 0.6) is 0 Å². The van der Waals surface area contributed by atoms with E-state index < -0.39 is 11.3 Å². The van der Waals surface area contributed by atoms with Gasteiger partial charge in [-0.1, -0.05) is 12.8 Å². The fourth-order valence-electron chi connectivity index (χ4n) is 2.33. The molecule has 7 nitrogen and oxygen atoms in total. The number of nitrogens with zero attached hydrogens (tertiary/aromatic N) is 3. The van der Waals surface area contributed by atoms with Gasteiger partial charge < -0.3 is 15.4 Å². The van der Waals surface area contributed by atoms with Crippen LogP contribution in [-0.4, -0.2) is 35.2 Å². The summed E-state index contributed by atoms with van der Waals surface area (Å²) in [5, 5.41) is 10.8. The molecule has 2 N–H and O–H groups in total. The summed E-state index contributed by atoms with van der Waals surface area (Å²) in [6.45, 7) is 0.